The molecule has 7 heteroatoms. The number of carbonyl (C=O) groups is 1. The summed E-state index contributed by atoms with van der Waals surface area (Å²) in [4.78, 5) is 12.3. The quantitative estimate of drug-likeness (QED) is 0.883. The topological polar surface area (TPSA) is 66.5 Å². The molecule has 2 rings (SSSR count). The fourth-order valence-corrected chi connectivity index (χ4v) is 4.62. The number of hydrogen-bond donors (Lipinski definition) is 1. The van der Waals surface area contributed by atoms with Gasteiger partial charge in [-0.1, -0.05) is 23.7 Å². The molecule has 134 valence electrons. The van der Waals surface area contributed by atoms with E-state index in [9.17, 15) is 13.2 Å². The van der Waals surface area contributed by atoms with Crippen molar-refractivity contribution in [2.24, 2.45) is 5.92 Å². The molecule has 0 saturated carbocycles. The van der Waals surface area contributed by atoms with Crippen molar-refractivity contribution in [2.45, 2.75) is 44.9 Å². The Balaban J connectivity index is 2.06. The molecule has 1 aliphatic heterocycles. The average molecular weight is 373 g/mol. The molecule has 1 N–H and O–H groups in total. The smallest absolute Gasteiger partial charge is 0.224 e. The maximum Gasteiger partial charge on any atom is 0.224 e. The summed E-state index contributed by atoms with van der Waals surface area (Å²) in [6, 6.07) is 6.86. The van der Waals surface area contributed by atoms with Crippen molar-refractivity contribution in [2.75, 3.05) is 13.1 Å². The van der Waals surface area contributed by atoms with Gasteiger partial charge in [0, 0.05) is 23.7 Å². The van der Waals surface area contributed by atoms with Crippen molar-refractivity contribution >= 4 is 27.5 Å². The zero-order valence-electron chi connectivity index (χ0n) is 14.4. The predicted octanol–water partition coefficient (Wildman–Crippen LogP) is 2.80. The van der Waals surface area contributed by atoms with E-state index in [4.69, 9.17) is 11.6 Å². The van der Waals surface area contributed by atoms with Crippen LogP contribution in [0.25, 0.3) is 0 Å². The van der Waals surface area contributed by atoms with Crippen LogP contribution >= 0.6 is 11.6 Å². The number of halogens is 1. The molecule has 1 aliphatic rings. The van der Waals surface area contributed by atoms with E-state index in [0.29, 0.717) is 30.0 Å². The lowest BCUT2D eigenvalue weighted by atomic mass is 9.97. The number of nitrogens with zero attached hydrogens (tertiary/aromatic N) is 1. The third-order valence-electron chi connectivity index (χ3n) is 3.88. The summed E-state index contributed by atoms with van der Waals surface area (Å²) in [5, 5.41) is 3.46. The van der Waals surface area contributed by atoms with Crippen molar-refractivity contribution < 1.29 is 13.2 Å². The summed E-state index contributed by atoms with van der Waals surface area (Å²) in [5.41, 5.74) is 0.336. The summed E-state index contributed by atoms with van der Waals surface area (Å²) in [7, 11) is -3.47. The van der Waals surface area contributed by atoms with Gasteiger partial charge in [0.05, 0.1) is 11.7 Å². The fourth-order valence-electron chi connectivity index (χ4n) is 2.81. The lowest BCUT2D eigenvalue weighted by molar-refractivity contribution is -0.127. The highest BCUT2D eigenvalue weighted by atomic mass is 35.5. The van der Waals surface area contributed by atoms with E-state index in [1.54, 1.807) is 24.3 Å². The molecule has 1 fully saturated rings. The number of hydrogen-bond acceptors (Lipinski definition) is 3. The van der Waals surface area contributed by atoms with Crippen LogP contribution in [0, 0.1) is 5.92 Å². The van der Waals surface area contributed by atoms with Crippen LogP contribution in [0.1, 0.15) is 39.2 Å². The van der Waals surface area contributed by atoms with E-state index in [-0.39, 0.29) is 29.7 Å². The van der Waals surface area contributed by atoms with Gasteiger partial charge in [0.15, 0.2) is 0 Å². The molecule has 1 aromatic rings. The number of sulfonamides is 1. The molecule has 0 aliphatic carbocycles. The first kappa shape index (κ1) is 19.2. The Labute approximate surface area is 149 Å². The Hall–Kier alpha value is -1.11. The molecule has 0 aromatic heterocycles. The van der Waals surface area contributed by atoms with Gasteiger partial charge in [-0.25, -0.2) is 12.7 Å². The SMILES string of the molecule is CC(C)(C)NC(=O)C1CCCN(S(=O)(=O)Cc2cccc(Cl)c2)C1. The van der Waals surface area contributed by atoms with Gasteiger partial charge in [0.1, 0.15) is 0 Å². The molecule has 5 nitrogen and oxygen atoms in total. The zero-order valence-corrected chi connectivity index (χ0v) is 16.0. The van der Waals surface area contributed by atoms with Gasteiger partial charge < -0.3 is 5.32 Å². The molecule has 1 amide bonds. The highest BCUT2D eigenvalue weighted by Crippen LogP contribution is 2.23. The van der Waals surface area contributed by atoms with Crippen LogP contribution in [0.2, 0.25) is 5.02 Å². The molecule has 24 heavy (non-hydrogen) atoms. The van der Waals surface area contributed by atoms with Crippen molar-refractivity contribution in [3.63, 3.8) is 0 Å². The van der Waals surface area contributed by atoms with Crippen molar-refractivity contribution in [3.8, 4) is 0 Å². The molecule has 1 atom stereocenters. The van der Waals surface area contributed by atoms with Crippen molar-refractivity contribution in [3.05, 3.63) is 34.9 Å². The monoisotopic (exact) mass is 372 g/mol. The lowest BCUT2D eigenvalue weighted by Gasteiger charge is -2.33. The van der Waals surface area contributed by atoms with Crippen molar-refractivity contribution in [1.29, 1.82) is 0 Å². The molecule has 0 radical (unpaired) electrons. The summed E-state index contributed by atoms with van der Waals surface area (Å²) >= 11 is 5.92. The van der Waals surface area contributed by atoms with Crippen molar-refractivity contribution in [1.82, 2.24) is 9.62 Å². The predicted molar refractivity (Wildman–Crippen MR) is 96.3 cm³/mol. The molecular formula is C17H25ClN2O3S. The molecular weight excluding hydrogens is 348 g/mol. The van der Waals surface area contributed by atoms with Gasteiger partial charge in [-0.05, 0) is 51.3 Å². The molecule has 0 spiro atoms. The molecule has 1 aromatic carbocycles. The summed E-state index contributed by atoms with van der Waals surface area (Å²) in [6.07, 6.45) is 1.40. The second-order valence-electron chi connectivity index (χ2n) is 7.32. The number of nitrogens with one attached hydrogen (secondary N) is 1. The summed E-state index contributed by atoms with van der Waals surface area (Å²) < 4.78 is 26.8. The van der Waals surface area contributed by atoms with Crippen LogP contribution in [0.4, 0.5) is 0 Å². The number of benzene rings is 1. The largest absolute Gasteiger partial charge is 0.351 e. The highest BCUT2D eigenvalue weighted by Gasteiger charge is 2.33. The van der Waals surface area contributed by atoms with Gasteiger partial charge in [0.25, 0.3) is 0 Å². The van der Waals surface area contributed by atoms with E-state index in [1.165, 1.54) is 4.31 Å². The van der Waals surface area contributed by atoms with Crippen LogP contribution in [-0.2, 0) is 20.6 Å². The Kier molecular flexibility index (Phi) is 5.94. The second kappa shape index (κ2) is 7.42. The molecule has 0 bridgehead atoms. The first-order valence-corrected chi connectivity index (χ1v) is 10.1. The third-order valence-corrected chi connectivity index (χ3v) is 5.94. The summed E-state index contributed by atoms with van der Waals surface area (Å²) in [6.45, 7) is 6.46. The zero-order chi connectivity index (χ0) is 18.0. The van der Waals surface area contributed by atoms with Crippen LogP contribution in [0.15, 0.2) is 24.3 Å². The van der Waals surface area contributed by atoms with Gasteiger partial charge in [-0.3, -0.25) is 4.79 Å². The normalized spacial score (nSPS) is 19.9. The maximum atomic E-state index is 12.7. The second-order valence-corrected chi connectivity index (χ2v) is 9.73. The first-order chi connectivity index (χ1) is 11.1. The van der Waals surface area contributed by atoms with Crippen LogP contribution < -0.4 is 5.32 Å². The average Bonchev–Trinajstić information content (AvgIpc) is 2.45. The van der Waals surface area contributed by atoms with E-state index in [2.05, 4.69) is 5.32 Å². The Morgan fingerprint density at radius 3 is 2.71 bits per heavy atom. The minimum absolute atomic E-state index is 0.0786. The Morgan fingerprint density at radius 1 is 1.38 bits per heavy atom. The van der Waals surface area contributed by atoms with Crippen LogP contribution in [0.5, 0.6) is 0 Å². The van der Waals surface area contributed by atoms with Gasteiger partial charge in [-0.2, -0.15) is 0 Å². The van der Waals surface area contributed by atoms with Gasteiger partial charge in [0.2, 0.25) is 15.9 Å². The third kappa shape index (κ3) is 5.46. The molecule has 1 heterocycles. The molecule has 1 saturated heterocycles. The number of piperidine rings is 1. The van der Waals surface area contributed by atoms with E-state index >= 15 is 0 Å². The minimum Gasteiger partial charge on any atom is -0.351 e. The lowest BCUT2D eigenvalue weighted by Crippen LogP contribution is -2.49. The standard InChI is InChI=1S/C17H25ClN2O3S/c1-17(2,3)19-16(21)14-7-5-9-20(11-14)24(22,23)12-13-6-4-8-15(18)10-13/h4,6,8,10,14H,5,7,9,11-12H2,1-3H3,(H,19,21). The highest BCUT2D eigenvalue weighted by molar-refractivity contribution is 7.88. The minimum atomic E-state index is -3.47. The number of amides is 1. The van der Waals surface area contributed by atoms with Crippen LogP contribution in [-0.4, -0.2) is 37.3 Å². The van der Waals surface area contributed by atoms with E-state index in [1.807, 2.05) is 20.8 Å². The first-order valence-electron chi connectivity index (χ1n) is 8.11. The maximum absolute atomic E-state index is 12.7. The van der Waals surface area contributed by atoms with E-state index < -0.39 is 10.0 Å². The molecule has 1 unspecified atom stereocenters. The van der Waals surface area contributed by atoms with E-state index in [0.717, 1.165) is 0 Å². The van der Waals surface area contributed by atoms with Gasteiger partial charge >= 0.3 is 0 Å². The Bertz CT molecular complexity index is 698. The fraction of sp³-hybridized carbons (Fsp3) is 0.588. The number of carbonyl (C=O) groups excluding carboxylic acids is 1. The number of rotatable bonds is 4. The van der Waals surface area contributed by atoms with Gasteiger partial charge in [-0.15, -0.1) is 0 Å². The van der Waals surface area contributed by atoms with Crippen LogP contribution in [0.3, 0.4) is 0 Å². The summed E-state index contributed by atoms with van der Waals surface area (Å²) in [5.74, 6) is -0.474. The Morgan fingerprint density at radius 2 is 2.08 bits per heavy atom.